The molecule has 3 rings (SSSR count). The first-order valence-corrected chi connectivity index (χ1v) is 17.8. The molecule has 0 saturated heterocycles. The smallest absolute Gasteiger partial charge is 0.188 e. The maximum Gasteiger partial charge on any atom is 0.188 e. The lowest BCUT2D eigenvalue weighted by atomic mass is 9.77. The lowest BCUT2D eigenvalue weighted by molar-refractivity contribution is 0.205. The van der Waals surface area contributed by atoms with E-state index in [0.29, 0.717) is 17.8 Å². The number of para-hydroxylation sites is 1. The standard InChI is InChI=1S/C25H44O4Si2/c1-24(2,30(5,6)27)13-12-19-18(15-25(3,4)31(7,8)28)14-21-22(19)20-11-9-10-17(16-26)23(20)29-21/h9-11,18-19,21-22,26-28H,12-16H2,1-8H3/t18-,19-,21-,22-/m0/s1. The van der Waals surface area contributed by atoms with Crippen molar-refractivity contribution in [2.24, 2.45) is 11.8 Å². The molecule has 6 heteroatoms. The fourth-order valence-electron chi connectivity index (χ4n) is 5.42. The van der Waals surface area contributed by atoms with Crippen molar-refractivity contribution in [1.82, 2.24) is 0 Å². The first-order valence-electron chi connectivity index (χ1n) is 11.9. The van der Waals surface area contributed by atoms with Crippen molar-refractivity contribution in [3.05, 3.63) is 29.3 Å². The zero-order valence-electron chi connectivity index (χ0n) is 20.8. The first kappa shape index (κ1) is 25.0. The van der Waals surface area contributed by atoms with Crippen LogP contribution in [0.1, 0.15) is 70.4 Å². The van der Waals surface area contributed by atoms with Crippen molar-refractivity contribution in [2.75, 3.05) is 0 Å². The Morgan fingerprint density at radius 2 is 1.61 bits per heavy atom. The highest BCUT2D eigenvalue weighted by atomic mass is 28.4. The molecule has 4 nitrogen and oxygen atoms in total. The molecular weight excluding hydrogens is 420 g/mol. The van der Waals surface area contributed by atoms with E-state index in [1.165, 1.54) is 5.56 Å². The van der Waals surface area contributed by atoms with Crippen molar-refractivity contribution in [2.45, 2.75) is 108 Å². The summed E-state index contributed by atoms with van der Waals surface area (Å²) in [4.78, 5) is 21.8. The second-order valence-electron chi connectivity index (χ2n) is 12.5. The van der Waals surface area contributed by atoms with Crippen LogP contribution in [0.4, 0.5) is 0 Å². The maximum absolute atomic E-state index is 10.9. The molecular formula is C25H44O4Si2. The molecule has 0 bridgehead atoms. The fraction of sp³-hybridized carbons (Fsp3) is 0.760. The van der Waals surface area contributed by atoms with Gasteiger partial charge in [0.25, 0.3) is 0 Å². The minimum absolute atomic E-state index is 0.00533. The molecule has 1 heterocycles. The van der Waals surface area contributed by atoms with Crippen LogP contribution in [0.25, 0.3) is 0 Å². The number of aliphatic hydroxyl groups is 1. The molecule has 4 atom stereocenters. The van der Waals surface area contributed by atoms with E-state index in [-0.39, 0.29) is 22.8 Å². The van der Waals surface area contributed by atoms with Crippen LogP contribution in [0.3, 0.4) is 0 Å². The average molecular weight is 465 g/mol. The van der Waals surface area contributed by atoms with Gasteiger partial charge in [-0.25, -0.2) is 0 Å². The fourth-order valence-corrected chi connectivity index (χ4v) is 6.93. The summed E-state index contributed by atoms with van der Waals surface area (Å²) in [6.07, 6.45) is 4.23. The van der Waals surface area contributed by atoms with Crippen LogP contribution in [-0.4, -0.2) is 37.4 Å². The second-order valence-corrected chi connectivity index (χ2v) is 21.4. The molecule has 1 saturated carbocycles. The van der Waals surface area contributed by atoms with Crippen LogP contribution in [0, 0.1) is 11.8 Å². The Bertz CT molecular complexity index is 792. The summed E-state index contributed by atoms with van der Waals surface area (Å²) in [7, 11) is -4.57. The maximum atomic E-state index is 10.9. The summed E-state index contributed by atoms with van der Waals surface area (Å²) in [5.41, 5.74) is 2.14. The van der Waals surface area contributed by atoms with Crippen molar-refractivity contribution in [1.29, 1.82) is 0 Å². The molecule has 1 aromatic rings. The highest BCUT2D eigenvalue weighted by Gasteiger charge is 2.53. The average Bonchev–Trinajstić information content (AvgIpc) is 3.13. The number of hydrogen-bond acceptors (Lipinski definition) is 4. The minimum Gasteiger partial charge on any atom is -0.489 e. The van der Waals surface area contributed by atoms with E-state index < -0.39 is 16.6 Å². The van der Waals surface area contributed by atoms with E-state index >= 15 is 0 Å². The normalized spacial score (nSPS) is 26.5. The number of fused-ring (bicyclic) bond motifs is 3. The molecule has 1 aromatic carbocycles. The Kier molecular flexibility index (Phi) is 6.67. The van der Waals surface area contributed by atoms with Crippen LogP contribution >= 0.6 is 0 Å². The predicted octanol–water partition coefficient (Wildman–Crippen LogP) is 5.79. The highest BCUT2D eigenvalue weighted by molar-refractivity contribution is 6.73. The quantitative estimate of drug-likeness (QED) is 0.426. The van der Waals surface area contributed by atoms with Gasteiger partial charge in [-0.05, 0) is 73.8 Å². The monoisotopic (exact) mass is 464 g/mol. The van der Waals surface area contributed by atoms with Crippen LogP contribution in [0.15, 0.2) is 18.2 Å². The van der Waals surface area contributed by atoms with E-state index in [2.05, 4.69) is 46.9 Å². The summed E-state index contributed by atoms with van der Waals surface area (Å²) < 4.78 is 6.46. The zero-order valence-corrected chi connectivity index (χ0v) is 22.8. The molecule has 0 aromatic heterocycles. The van der Waals surface area contributed by atoms with Crippen molar-refractivity contribution in [3.63, 3.8) is 0 Å². The van der Waals surface area contributed by atoms with Gasteiger partial charge in [-0.15, -0.1) is 0 Å². The third-order valence-corrected chi connectivity index (χ3v) is 16.2. The molecule has 3 N–H and O–H groups in total. The van der Waals surface area contributed by atoms with Crippen LogP contribution in [0.5, 0.6) is 5.75 Å². The summed E-state index contributed by atoms with van der Waals surface area (Å²) in [5, 5.41) is 9.68. The van der Waals surface area contributed by atoms with Crippen LogP contribution < -0.4 is 4.74 Å². The number of aliphatic hydroxyl groups excluding tert-OH is 1. The zero-order chi connectivity index (χ0) is 23.4. The number of hydrogen-bond donors (Lipinski definition) is 3. The molecule has 31 heavy (non-hydrogen) atoms. The third kappa shape index (κ3) is 4.69. The summed E-state index contributed by atoms with van der Waals surface area (Å²) >= 11 is 0. The SMILES string of the molecule is CC(C)(CC[C@H]1[C@H](CC(C)(C)[Si](C)(C)O)C[C@@H]2Oc3c(CO)cccc3[C@H]12)[Si](C)(C)O. The molecule has 1 aliphatic carbocycles. The Morgan fingerprint density at radius 3 is 2.16 bits per heavy atom. The third-order valence-electron chi connectivity index (χ3n) is 9.12. The van der Waals surface area contributed by atoms with Gasteiger partial charge in [0.15, 0.2) is 16.6 Å². The molecule has 1 fully saturated rings. The summed E-state index contributed by atoms with van der Waals surface area (Å²) in [6.45, 7) is 17.1. The highest BCUT2D eigenvalue weighted by Crippen LogP contribution is 2.59. The van der Waals surface area contributed by atoms with E-state index in [1.807, 2.05) is 25.2 Å². The Hall–Kier alpha value is -0.666. The van der Waals surface area contributed by atoms with Gasteiger partial charge in [0, 0.05) is 17.0 Å². The van der Waals surface area contributed by atoms with Crippen molar-refractivity contribution >= 4 is 16.6 Å². The largest absolute Gasteiger partial charge is 0.489 e. The van der Waals surface area contributed by atoms with Gasteiger partial charge in [-0.2, -0.15) is 0 Å². The number of rotatable bonds is 8. The molecule has 0 radical (unpaired) electrons. The van der Waals surface area contributed by atoms with Gasteiger partial charge in [0.05, 0.1) is 6.61 Å². The van der Waals surface area contributed by atoms with Crippen molar-refractivity contribution in [3.8, 4) is 5.75 Å². The lowest BCUT2D eigenvalue weighted by Gasteiger charge is -2.40. The van der Waals surface area contributed by atoms with E-state index in [9.17, 15) is 14.7 Å². The second kappa shape index (κ2) is 8.28. The van der Waals surface area contributed by atoms with Crippen molar-refractivity contribution < 1.29 is 19.4 Å². The molecule has 176 valence electrons. The number of benzene rings is 1. The Morgan fingerprint density at radius 1 is 1.00 bits per heavy atom. The lowest BCUT2D eigenvalue weighted by Crippen LogP contribution is -2.41. The molecule has 0 spiro atoms. The molecule has 0 amide bonds. The predicted molar refractivity (Wildman–Crippen MR) is 132 cm³/mol. The van der Waals surface area contributed by atoms with Gasteiger partial charge in [0.1, 0.15) is 11.9 Å². The van der Waals surface area contributed by atoms with Crippen LogP contribution in [0.2, 0.25) is 36.3 Å². The topological polar surface area (TPSA) is 69.9 Å². The summed E-state index contributed by atoms with van der Waals surface area (Å²) in [6, 6.07) is 6.18. The molecule has 2 aliphatic rings. The van der Waals surface area contributed by atoms with E-state index in [1.54, 1.807) is 0 Å². The van der Waals surface area contributed by atoms with Gasteiger partial charge < -0.3 is 19.4 Å². The Labute approximate surface area is 191 Å². The number of ether oxygens (including phenoxy) is 1. The molecule has 0 unspecified atom stereocenters. The van der Waals surface area contributed by atoms with Gasteiger partial charge in [-0.3, -0.25) is 0 Å². The van der Waals surface area contributed by atoms with Gasteiger partial charge in [-0.1, -0.05) is 45.9 Å². The Balaban J connectivity index is 1.92. The molecule has 1 aliphatic heterocycles. The van der Waals surface area contributed by atoms with Gasteiger partial charge >= 0.3 is 0 Å². The first-order chi connectivity index (χ1) is 14.1. The van der Waals surface area contributed by atoms with E-state index in [0.717, 1.165) is 37.0 Å². The van der Waals surface area contributed by atoms with Gasteiger partial charge in [0.2, 0.25) is 0 Å². The van der Waals surface area contributed by atoms with E-state index in [4.69, 9.17) is 4.74 Å². The summed E-state index contributed by atoms with van der Waals surface area (Å²) in [5.74, 6) is 2.20. The van der Waals surface area contributed by atoms with Crippen LogP contribution in [-0.2, 0) is 6.61 Å². The minimum atomic E-state index is -2.30.